The van der Waals surface area contributed by atoms with Gasteiger partial charge in [0.05, 0.1) is 12.1 Å². The molecule has 7 nitrogen and oxygen atoms in total. The summed E-state index contributed by atoms with van der Waals surface area (Å²) < 4.78 is 0. The van der Waals surface area contributed by atoms with Crippen LogP contribution < -0.4 is 21.3 Å². The highest BCUT2D eigenvalue weighted by atomic mass is 32.2. The van der Waals surface area contributed by atoms with Crippen LogP contribution in [0, 0.1) is 11.3 Å². The van der Waals surface area contributed by atoms with E-state index >= 15 is 0 Å². The fourth-order valence-corrected chi connectivity index (χ4v) is 5.50. The zero-order valence-corrected chi connectivity index (χ0v) is 20.5. The molecule has 0 aromatic carbocycles. The lowest BCUT2D eigenvalue weighted by Gasteiger charge is -2.26. The second kappa shape index (κ2) is 12.6. The summed E-state index contributed by atoms with van der Waals surface area (Å²) >= 11 is 1.92. The highest BCUT2D eigenvalue weighted by Crippen LogP contribution is 2.33. The average molecular weight is 455 g/mol. The van der Waals surface area contributed by atoms with Crippen molar-refractivity contribution in [3.63, 3.8) is 0 Å². The number of thioether (sulfide) groups is 1. The molecule has 3 unspecified atom stereocenters. The molecule has 2 aliphatic heterocycles. The molecule has 8 heteroatoms. The van der Waals surface area contributed by atoms with E-state index in [2.05, 4.69) is 42.0 Å². The summed E-state index contributed by atoms with van der Waals surface area (Å²) in [6.45, 7) is 9.70. The standard InChI is InChI=1S/C23H42N4O3S/c1-16(23(2,3)4)21(29)25-14-10-6-5-9-13-24-19(28)12-8-7-11-18-20-17(15-31-18)26-22(30)27-20/h16-18,20H,5-15H2,1-4H3,(H,24,28)(H,25,29)(H2,26,27,30)/t16-,17?,18?,20?/m1/s1. The molecule has 0 aliphatic carbocycles. The molecule has 0 aromatic heterocycles. The first kappa shape index (κ1) is 25.8. The van der Waals surface area contributed by atoms with Gasteiger partial charge in [-0.15, -0.1) is 0 Å². The number of hydrogen-bond acceptors (Lipinski definition) is 4. The van der Waals surface area contributed by atoms with Gasteiger partial charge < -0.3 is 21.3 Å². The number of unbranched alkanes of at least 4 members (excludes halogenated alkanes) is 4. The Bertz CT molecular complexity index is 608. The Kier molecular flexibility index (Phi) is 10.5. The maximum absolute atomic E-state index is 12.1. The van der Waals surface area contributed by atoms with Gasteiger partial charge in [0.25, 0.3) is 0 Å². The van der Waals surface area contributed by atoms with Crippen LogP contribution in [0.15, 0.2) is 0 Å². The predicted molar refractivity (Wildman–Crippen MR) is 127 cm³/mol. The number of urea groups is 1. The lowest BCUT2D eigenvalue weighted by atomic mass is 9.81. The van der Waals surface area contributed by atoms with Crippen molar-refractivity contribution in [3.8, 4) is 0 Å². The Morgan fingerprint density at radius 2 is 1.71 bits per heavy atom. The first-order valence-electron chi connectivity index (χ1n) is 11.9. The van der Waals surface area contributed by atoms with Crippen molar-refractivity contribution in [1.29, 1.82) is 0 Å². The van der Waals surface area contributed by atoms with Gasteiger partial charge in [-0.1, -0.05) is 47.0 Å². The molecule has 2 rings (SSSR count). The van der Waals surface area contributed by atoms with Crippen molar-refractivity contribution in [3.05, 3.63) is 0 Å². The van der Waals surface area contributed by atoms with E-state index in [1.165, 1.54) is 0 Å². The highest BCUT2D eigenvalue weighted by molar-refractivity contribution is 8.00. The summed E-state index contributed by atoms with van der Waals surface area (Å²) in [6, 6.07) is 0.482. The third-order valence-electron chi connectivity index (χ3n) is 6.50. The molecule has 0 aromatic rings. The Morgan fingerprint density at radius 3 is 2.39 bits per heavy atom. The number of carbonyl (C=O) groups excluding carboxylic acids is 3. The van der Waals surface area contributed by atoms with E-state index in [4.69, 9.17) is 0 Å². The fourth-order valence-electron chi connectivity index (χ4n) is 3.95. The topological polar surface area (TPSA) is 99.3 Å². The van der Waals surface area contributed by atoms with Gasteiger partial charge in [-0.2, -0.15) is 11.8 Å². The van der Waals surface area contributed by atoms with E-state index < -0.39 is 0 Å². The van der Waals surface area contributed by atoms with Gasteiger partial charge in [-0.25, -0.2) is 4.79 Å². The average Bonchev–Trinajstić information content (AvgIpc) is 3.25. The fraction of sp³-hybridized carbons (Fsp3) is 0.870. The first-order chi connectivity index (χ1) is 14.7. The van der Waals surface area contributed by atoms with Crippen molar-refractivity contribution in [2.24, 2.45) is 11.3 Å². The normalized spacial score (nSPS) is 23.6. The van der Waals surface area contributed by atoms with Crippen LogP contribution in [0.4, 0.5) is 4.79 Å². The molecule has 4 atom stereocenters. The quantitative estimate of drug-likeness (QED) is 0.254. The Morgan fingerprint density at radius 1 is 1.03 bits per heavy atom. The zero-order valence-electron chi connectivity index (χ0n) is 19.7. The van der Waals surface area contributed by atoms with Crippen LogP contribution in [0.1, 0.15) is 79.1 Å². The van der Waals surface area contributed by atoms with Crippen molar-refractivity contribution in [1.82, 2.24) is 21.3 Å². The third-order valence-corrected chi connectivity index (χ3v) is 8.01. The molecule has 0 radical (unpaired) electrons. The number of amides is 4. The van der Waals surface area contributed by atoms with E-state index in [0.29, 0.717) is 11.7 Å². The molecule has 178 valence electrons. The SMILES string of the molecule is C[C@H](C(=O)NCCCCCCNC(=O)CCCCC1SCC2NC(=O)NC21)C(C)(C)C. The van der Waals surface area contributed by atoms with Crippen LogP contribution >= 0.6 is 11.8 Å². The van der Waals surface area contributed by atoms with E-state index in [1.807, 2.05) is 18.7 Å². The zero-order chi connectivity index (χ0) is 22.9. The number of carbonyl (C=O) groups is 3. The van der Waals surface area contributed by atoms with Crippen LogP contribution in [-0.2, 0) is 9.59 Å². The third kappa shape index (κ3) is 8.91. The van der Waals surface area contributed by atoms with Gasteiger partial charge in [0.1, 0.15) is 0 Å². The highest BCUT2D eigenvalue weighted by Gasteiger charge is 2.42. The van der Waals surface area contributed by atoms with Crippen LogP contribution in [0.2, 0.25) is 0 Å². The van der Waals surface area contributed by atoms with Crippen LogP contribution in [-0.4, -0.2) is 54.0 Å². The number of rotatable bonds is 13. The molecule has 4 N–H and O–H groups in total. The lowest BCUT2D eigenvalue weighted by Crippen LogP contribution is -2.36. The second-order valence-electron chi connectivity index (χ2n) is 10.0. The second-order valence-corrected chi connectivity index (χ2v) is 11.3. The largest absolute Gasteiger partial charge is 0.356 e. The summed E-state index contributed by atoms with van der Waals surface area (Å²) in [4.78, 5) is 35.5. The summed E-state index contributed by atoms with van der Waals surface area (Å²) in [5, 5.41) is 12.5. The molecule has 2 heterocycles. The van der Waals surface area contributed by atoms with Crippen molar-refractivity contribution in [2.45, 2.75) is 96.4 Å². The lowest BCUT2D eigenvalue weighted by molar-refractivity contribution is -0.127. The van der Waals surface area contributed by atoms with Gasteiger partial charge in [0.15, 0.2) is 0 Å². The van der Waals surface area contributed by atoms with Crippen LogP contribution in [0.3, 0.4) is 0 Å². The number of hydrogen-bond donors (Lipinski definition) is 4. The van der Waals surface area contributed by atoms with Crippen molar-refractivity contribution in [2.75, 3.05) is 18.8 Å². The molecule has 0 spiro atoms. The molecule has 2 fully saturated rings. The van der Waals surface area contributed by atoms with Gasteiger partial charge in [0, 0.05) is 36.4 Å². The molecule has 31 heavy (non-hydrogen) atoms. The van der Waals surface area contributed by atoms with E-state index in [0.717, 1.165) is 63.8 Å². The van der Waals surface area contributed by atoms with Crippen LogP contribution in [0.5, 0.6) is 0 Å². The minimum absolute atomic E-state index is 0.00803. The monoisotopic (exact) mass is 454 g/mol. The minimum Gasteiger partial charge on any atom is -0.356 e. The number of fused-ring (bicyclic) bond motifs is 1. The first-order valence-corrected chi connectivity index (χ1v) is 13.0. The van der Waals surface area contributed by atoms with Gasteiger partial charge in [0.2, 0.25) is 11.8 Å². The summed E-state index contributed by atoms with van der Waals surface area (Å²) in [5.41, 5.74) is -0.00803. The van der Waals surface area contributed by atoms with Crippen LogP contribution in [0.25, 0.3) is 0 Å². The molecule has 4 amide bonds. The minimum atomic E-state index is -0.0421. The van der Waals surface area contributed by atoms with Gasteiger partial charge >= 0.3 is 6.03 Å². The van der Waals surface area contributed by atoms with Gasteiger partial charge in [-0.3, -0.25) is 9.59 Å². The number of nitrogens with one attached hydrogen (secondary N) is 4. The summed E-state index contributed by atoms with van der Waals surface area (Å²) in [6.07, 6.45) is 7.62. The Balaban J connectivity index is 1.39. The molecule has 2 aliphatic rings. The predicted octanol–water partition coefficient (Wildman–Crippen LogP) is 3.19. The van der Waals surface area contributed by atoms with E-state index in [1.54, 1.807) is 0 Å². The van der Waals surface area contributed by atoms with Crippen molar-refractivity contribution < 1.29 is 14.4 Å². The Hall–Kier alpha value is -1.44. The van der Waals surface area contributed by atoms with E-state index in [-0.39, 0.29) is 41.3 Å². The van der Waals surface area contributed by atoms with Gasteiger partial charge in [-0.05, 0) is 31.1 Å². The van der Waals surface area contributed by atoms with Crippen molar-refractivity contribution >= 4 is 29.6 Å². The molecule has 2 saturated heterocycles. The molecule has 0 bridgehead atoms. The maximum Gasteiger partial charge on any atom is 0.315 e. The Labute approximate surface area is 192 Å². The summed E-state index contributed by atoms with van der Waals surface area (Å²) in [5.74, 6) is 1.26. The molecule has 0 saturated carbocycles. The molecular weight excluding hydrogens is 412 g/mol. The molecular formula is C23H42N4O3S. The van der Waals surface area contributed by atoms with E-state index in [9.17, 15) is 14.4 Å². The maximum atomic E-state index is 12.1. The summed E-state index contributed by atoms with van der Waals surface area (Å²) in [7, 11) is 0. The smallest absolute Gasteiger partial charge is 0.315 e.